The van der Waals surface area contributed by atoms with Crippen molar-refractivity contribution < 1.29 is 9.47 Å². The van der Waals surface area contributed by atoms with E-state index < -0.39 is 15.8 Å². The van der Waals surface area contributed by atoms with E-state index in [0.717, 1.165) is 11.5 Å². The minimum absolute atomic E-state index is 0.00250. The highest BCUT2D eigenvalue weighted by atomic mass is 31.2. The molecule has 0 saturated heterocycles. The Morgan fingerprint density at radius 2 is 0.776 bits per heavy atom. The normalized spacial score (nSPS) is 17.8. The van der Waals surface area contributed by atoms with Crippen LogP contribution in [0.25, 0.3) is 11.4 Å². The summed E-state index contributed by atoms with van der Waals surface area (Å²) in [4.78, 5) is 0. The smallest absolute Gasteiger partial charge is 0.118 e. The molecule has 2 unspecified atom stereocenters. The second-order valence-corrected chi connectivity index (χ2v) is 26.9. The van der Waals surface area contributed by atoms with Gasteiger partial charge in [0.05, 0.1) is 14.2 Å². The third kappa shape index (κ3) is 9.72. The van der Waals surface area contributed by atoms with Crippen molar-refractivity contribution in [3.05, 3.63) is 128 Å². The van der Waals surface area contributed by atoms with Crippen molar-refractivity contribution in [2.24, 2.45) is 0 Å². The summed E-state index contributed by atoms with van der Waals surface area (Å²) in [6, 6.07) is 27.9. The minimum atomic E-state index is -1.02. The van der Waals surface area contributed by atoms with Gasteiger partial charge in [0, 0.05) is 0 Å². The Kier molecular flexibility index (Phi) is 12.7. The molecule has 4 aromatic carbocycles. The second kappa shape index (κ2) is 16.0. The minimum Gasteiger partial charge on any atom is -0.497 e. The van der Waals surface area contributed by atoms with Crippen LogP contribution in [-0.2, 0) is 32.5 Å². The van der Waals surface area contributed by atoms with Gasteiger partial charge in [0.2, 0.25) is 0 Å². The van der Waals surface area contributed by atoms with Crippen molar-refractivity contribution in [2.45, 2.75) is 157 Å². The zero-order valence-corrected chi connectivity index (χ0v) is 41.6. The van der Waals surface area contributed by atoms with Gasteiger partial charge in [0.25, 0.3) is 0 Å². The van der Waals surface area contributed by atoms with E-state index in [-0.39, 0.29) is 32.5 Å². The first-order chi connectivity index (χ1) is 26.5. The summed E-state index contributed by atoms with van der Waals surface area (Å²) >= 11 is 0. The molecule has 0 fully saturated rings. The SMILES string of the molecule is COc1ccc(/C=C2\P(c3c(C(C)(C)C)cc(C(C)(C)C)cc3C(C)(C)C)C=C(c3ccc(OC)cc3)P2c2c(C(C)(C)C)cc(C(C)(C)C)cc2C(C)(C)C)cc1. The van der Waals surface area contributed by atoms with Crippen molar-refractivity contribution in [2.75, 3.05) is 14.2 Å². The summed E-state index contributed by atoms with van der Waals surface area (Å²) in [7, 11) is 1.53. The monoisotopic (exact) mass is 817 g/mol. The third-order valence-corrected chi connectivity index (χ3v) is 17.4. The summed E-state index contributed by atoms with van der Waals surface area (Å²) in [5, 5.41) is 6.04. The second-order valence-electron chi connectivity index (χ2n) is 22.6. The molecule has 1 aliphatic rings. The summed E-state index contributed by atoms with van der Waals surface area (Å²) in [6.45, 7) is 43.2. The molecule has 312 valence electrons. The van der Waals surface area contributed by atoms with E-state index in [1.54, 1.807) is 19.3 Å². The van der Waals surface area contributed by atoms with Gasteiger partial charge in [-0.1, -0.05) is 173 Å². The highest BCUT2D eigenvalue weighted by molar-refractivity contribution is 7.98. The first kappa shape index (κ1) is 45.9. The number of rotatable bonds is 6. The van der Waals surface area contributed by atoms with Crippen LogP contribution in [0.4, 0.5) is 0 Å². The van der Waals surface area contributed by atoms with Crippen molar-refractivity contribution in [3.63, 3.8) is 0 Å². The van der Waals surface area contributed by atoms with Crippen LogP contribution >= 0.6 is 15.8 Å². The number of ether oxygens (including phenoxy) is 2. The molecule has 1 aliphatic heterocycles. The number of methoxy groups -OCH3 is 2. The van der Waals surface area contributed by atoms with Crippen LogP contribution in [0.15, 0.2) is 83.7 Å². The fourth-order valence-electron chi connectivity index (χ4n) is 7.76. The van der Waals surface area contributed by atoms with Crippen LogP contribution < -0.4 is 20.1 Å². The fourth-order valence-corrected chi connectivity index (χ4v) is 15.7. The maximum absolute atomic E-state index is 5.74. The lowest BCUT2D eigenvalue weighted by atomic mass is 9.75. The molecule has 5 rings (SSSR count). The third-order valence-electron chi connectivity index (χ3n) is 11.4. The average Bonchev–Trinajstić information content (AvgIpc) is 3.46. The van der Waals surface area contributed by atoms with Gasteiger partial charge in [-0.25, -0.2) is 0 Å². The van der Waals surface area contributed by atoms with Gasteiger partial charge in [-0.05, 0) is 150 Å². The van der Waals surface area contributed by atoms with Gasteiger partial charge in [0.1, 0.15) is 11.5 Å². The standard InChI is InChI=1S/C54H74O2P2/c1-49(2,3)37-30-41(51(7,8)9)47(42(31-37)52(10,11)12)57-34-45(36-23-27-40(56-20)28-24-36)58(46(57)29-35-21-25-39(55-19)26-22-35)48-43(53(13,14)15)32-38(50(4,5)6)33-44(48)54(16,17)18/h21-34H,1-20H3/b46-29+. The maximum Gasteiger partial charge on any atom is 0.118 e. The quantitative estimate of drug-likeness (QED) is 0.181. The molecule has 0 aromatic heterocycles. The molecule has 0 radical (unpaired) electrons. The molecule has 0 spiro atoms. The van der Waals surface area contributed by atoms with Crippen LogP contribution in [-0.4, -0.2) is 14.2 Å². The van der Waals surface area contributed by atoms with E-state index in [1.807, 2.05) is 0 Å². The van der Waals surface area contributed by atoms with Crippen LogP contribution in [0, 0.1) is 0 Å². The first-order valence-corrected chi connectivity index (χ1v) is 23.9. The van der Waals surface area contributed by atoms with Crippen molar-refractivity contribution >= 4 is 37.8 Å². The van der Waals surface area contributed by atoms with Gasteiger partial charge >= 0.3 is 0 Å². The molecule has 0 N–H and O–H groups in total. The molecule has 58 heavy (non-hydrogen) atoms. The zero-order valence-electron chi connectivity index (χ0n) is 39.8. The van der Waals surface area contributed by atoms with Crippen LogP contribution in [0.5, 0.6) is 11.5 Å². The number of hydrogen-bond acceptors (Lipinski definition) is 2. The molecule has 1 heterocycles. The molecular formula is C54H74O2P2. The Bertz CT molecular complexity index is 2100. The van der Waals surface area contributed by atoms with Crippen molar-refractivity contribution in [1.82, 2.24) is 0 Å². The molecule has 4 aromatic rings. The molecule has 2 nitrogen and oxygen atoms in total. The summed E-state index contributed by atoms with van der Waals surface area (Å²) in [6.07, 6.45) is 2.58. The summed E-state index contributed by atoms with van der Waals surface area (Å²) < 4.78 is 11.4. The Balaban J connectivity index is 2.07. The lowest BCUT2D eigenvalue weighted by Crippen LogP contribution is -2.32. The molecule has 0 saturated carbocycles. The topological polar surface area (TPSA) is 18.5 Å². The van der Waals surface area contributed by atoms with Crippen molar-refractivity contribution in [3.8, 4) is 11.5 Å². The van der Waals surface area contributed by atoms with Gasteiger partial charge in [0.15, 0.2) is 0 Å². The lowest BCUT2D eigenvalue weighted by molar-refractivity contribution is 0.414. The van der Waals surface area contributed by atoms with Gasteiger partial charge < -0.3 is 9.47 Å². The Labute approximate surface area is 356 Å². The predicted molar refractivity (Wildman–Crippen MR) is 260 cm³/mol. The van der Waals surface area contributed by atoms with Crippen LogP contribution in [0.1, 0.15) is 169 Å². The van der Waals surface area contributed by atoms with E-state index >= 15 is 0 Å². The molecule has 2 atom stereocenters. The Hall–Kier alpha value is -3.18. The fraction of sp³-hybridized carbons (Fsp3) is 0.481. The molecular weight excluding hydrogens is 743 g/mol. The van der Waals surface area contributed by atoms with Gasteiger partial charge in [-0.15, -0.1) is 0 Å². The molecule has 0 amide bonds. The van der Waals surface area contributed by atoms with E-state index in [0.29, 0.717) is 0 Å². The van der Waals surface area contributed by atoms with E-state index in [2.05, 4.69) is 209 Å². The molecule has 0 aliphatic carbocycles. The zero-order chi connectivity index (χ0) is 43.6. The largest absolute Gasteiger partial charge is 0.497 e. The summed E-state index contributed by atoms with van der Waals surface area (Å²) in [5.74, 6) is 4.50. The average molecular weight is 817 g/mol. The molecule has 4 heteroatoms. The van der Waals surface area contributed by atoms with Crippen LogP contribution in [0.2, 0.25) is 0 Å². The van der Waals surface area contributed by atoms with Crippen molar-refractivity contribution in [1.29, 1.82) is 0 Å². The lowest BCUT2D eigenvalue weighted by Gasteiger charge is -2.38. The van der Waals surface area contributed by atoms with E-state index in [1.165, 1.54) is 60.4 Å². The van der Waals surface area contributed by atoms with Gasteiger partial charge in [-0.2, -0.15) is 0 Å². The highest BCUT2D eigenvalue weighted by Gasteiger charge is 2.43. The molecule has 0 bridgehead atoms. The first-order valence-electron chi connectivity index (χ1n) is 21.2. The van der Waals surface area contributed by atoms with Gasteiger partial charge in [-0.3, -0.25) is 0 Å². The Morgan fingerprint density at radius 1 is 0.431 bits per heavy atom. The number of benzene rings is 4. The van der Waals surface area contributed by atoms with E-state index in [4.69, 9.17) is 9.47 Å². The van der Waals surface area contributed by atoms with E-state index in [9.17, 15) is 0 Å². The summed E-state index contributed by atoms with van der Waals surface area (Å²) in [5.41, 5.74) is 10.8. The number of hydrogen-bond donors (Lipinski definition) is 0. The predicted octanol–water partition coefficient (Wildman–Crippen LogP) is 15.4. The Morgan fingerprint density at radius 3 is 1.10 bits per heavy atom. The van der Waals surface area contributed by atoms with Crippen LogP contribution in [0.3, 0.4) is 0 Å². The maximum atomic E-state index is 5.74. The highest BCUT2D eigenvalue weighted by Crippen LogP contribution is 2.77.